The van der Waals surface area contributed by atoms with Gasteiger partial charge < -0.3 is 5.43 Å². The van der Waals surface area contributed by atoms with Gasteiger partial charge >= 0.3 is 0 Å². The van der Waals surface area contributed by atoms with E-state index in [0.717, 1.165) is 53.4 Å². The summed E-state index contributed by atoms with van der Waals surface area (Å²) in [4.78, 5) is 7.56. The second kappa shape index (κ2) is 10.8. The van der Waals surface area contributed by atoms with Gasteiger partial charge in [0.1, 0.15) is 0 Å². The Morgan fingerprint density at radius 3 is 2.61 bits per heavy atom. The van der Waals surface area contributed by atoms with Gasteiger partial charge in [-0.1, -0.05) is 68.8 Å². The minimum absolute atomic E-state index is 0.724. The van der Waals surface area contributed by atoms with Crippen molar-refractivity contribution >= 4 is 33.9 Å². The Morgan fingerprint density at radius 2 is 1.77 bits per heavy atom. The summed E-state index contributed by atoms with van der Waals surface area (Å²) in [5.41, 5.74) is 12.5. The van der Waals surface area contributed by atoms with E-state index in [2.05, 4.69) is 40.9 Å². The molecule has 31 heavy (non-hydrogen) atoms. The van der Waals surface area contributed by atoms with Crippen molar-refractivity contribution in [2.24, 2.45) is 0 Å². The summed E-state index contributed by atoms with van der Waals surface area (Å²) < 4.78 is 0. The maximum Gasteiger partial charge on any atom is 0.0741 e. The highest BCUT2D eigenvalue weighted by Gasteiger charge is 2.22. The number of hydrogen-bond donors (Lipinski definition) is 2. The number of benzene rings is 2. The smallest absolute Gasteiger partial charge is 0.0741 e. The van der Waals surface area contributed by atoms with Gasteiger partial charge in [-0.3, -0.25) is 15.3 Å². The summed E-state index contributed by atoms with van der Waals surface area (Å²) in [6.45, 7) is 5.45. The summed E-state index contributed by atoms with van der Waals surface area (Å²) in [6, 6.07) is 16.2. The highest BCUT2D eigenvalue weighted by atomic mass is 35.5. The van der Waals surface area contributed by atoms with Crippen molar-refractivity contribution in [3.05, 3.63) is 64.8 Å². The zero-order valence-corrected chi connectivity index (χ0v) is 19.2. The van der Waals surface area contributed by atoms with Crippen LogP contribution in [0.4, 0.5) is 11.4 Å². The Labute approximate surface area is 191 Å². The largest absolute Gasteiger partial charge is 0.301 e. The number of nitrogens with one attached hydrogen (secondary N) is 2. The van der Waals surface area contributed by atoms with Gasteiger partial charge in [-0.2, -0.15) is 0 Å². The molecule has 0 unspecified atom stereocenters. The van der Waals surface area contributed by atoms with Crippen molar-refractivity contribution in [3.63, 3.8) is 0 Å². The highest BCUT2D eigenvalue weighted by Crippen LogP contribution is 2.33. The van der Waals surface area contributed by atoms with Crippen LogP contribution in [0.1, 0.15) is 56.7 Å². The van der Waals surface area contributed by atoms with Gasteiger partial charge in [-0.05, 0) is 43.3 Å². The first-order valence-electron chi connectivity index (χ1n) is 11.6. The topological polar surface area (TPSA) is 40.2 Å². The average Bonchev–Trinajstić information content (AvgIpc) is 2.79. The molecule has 2 N–H and O–H groups in total. The van der Waals surface area contributed by atoms with Crippen LogP contribution >= 0.6 is 11.6 Å². The minimum Gasteiger partial charge on any atom is -0.301 e. The van der Waals surface area contributed by atoms with E-state index in [-0.39, 0.29) is 0 Å². The molecule has 164 valence electrons. The molecule has 1 aromatic heterocycles. The Kier molecular flexibility index (Phi) is 7.66. The predicted octanol–water partition coefficient (Wildman–Crippen LogP) is 7.05. The van der Waals surface area contributed by atoms with E-state index in [4.69, 9.17) is 16.6 Å². The first kappa shape index (κ1) is 21.9. The number of nitrogens with zero attached hydrogens (tertiary/aromatic N) is 2. The lowest BCUT2D eigenvalue weighted by Gasteiger charge is -2.30. The number of hydrogen-bond acceptors (Lipinski definition) is 4. The Balaban J connectivity index is 1.52. The van der Waals surface area contributed by atoms with Gasteiger partial charge in [0.05, 0.1) is 16.9 Å². The van der Waals surface area contributed by atoms with Gasteiger partial charge in [0.15, 0.2) is 0 Å². The van der Waals surface area contributed by atoms with Crippen molar-refractivity contribution in [1.82, 2.24) is 9.88 Å². The molecular formula is C26H33ClN4. The summed E-state index contributed by atoms with van der Waals surface area (Å²) >= 11 is 6.27. The zero-order chi connectivity index (χ0) is 21.5. The van der Waals surface area contributed by atoms with Gasteiger partial charge in [0.2, 0.25) is 0 Å². The van der Waals surface area contributed by atoms with Crippen LogP contribution in [0.2, 0.25) is 5.02 Å². The molecule has 4 nitrogen and oxygen atoms in total. The highest BCUT2D eigenvalue weighted by molar-refractivity contribution is 6.31. The molecule has 0 fully saturated rings. The molecule has 0 atom stereocenters. The third-order valence-corrected chi connectivity index (χ3v) is 6.35. The van der Waals surface area contributed by atoms with Crippen LogP contribution < -0.4 is 10.9 Å². The molecule has 0 radical (unpaired) electrons. The molecule has 4 rings (SSSR count). The summed E-state index contributed by atoms with van der Waals surface area (Å²) in [5.74, 6) is 0. The second-order valence-corrected chi connectivity index (χ2v) is 8.92. The van der Waals surface area contributed by atoms with Crippen LogP contribution in [0, 0.1) is 0 Å². The quantitative estimate of drug-likeness (QED) is 0.264. The van der Waals surface area contributed by atoms with E-state index in [0.29, 0.717) is 0 Å². The lowest BCUT2D eigenvalue weighted by Crippen LogP contribution is -2.33. The third kappa shape index (κ3) is 5.69. The van der Waals surface area contributed by atoms with Crippen LogP contribution in [0.25, 0.3) is 10.9 Å². The molecular weight excluding hydrogens is 404 g/mol. The fraction of sp³-hybridized carbons (Fsp3) is 0.423. The fourth-order valence-corrected chi connectivity index (χ4v) is 4.54. The van der Waals surface area contributed by atoms with Crippen molar-refractivity contribution < 1.29 is 0 Å². The van der Waals surface area contributed by atoms with Gasteiger partial charge in [0, 0.05) is 41.2 Å². The number of pyridine rings is 1. The molecule has 0 amide bonds. The van der Waals surface area contributed by atoms with Crippen molar-refractivity contribution in [1.29, 1.82) is 0 Å². The second-order valence-electron chi connectivity index (χ2n) is 8.48. The molecule has 0 saturated heterocycles. The lowest BCUT2D eigenvalue weighted by molar-refractivity contribution is 0.246. The van der Waals surface area contributed by atoms with E-state index in [9.17, 15) is 0 Å². The van der Waals surface area contributed by atoms with Gasteiger partial charge in [0.25, 0.3) is 0 Å². The number of rotatable bonds is 10. The average molecular weight is 437 g/mol. The number of aromatic nitrogens is 1. The third-order valence-electron chi connectivity index (χ3n) is 6.11. The number of unbranched alkanes of at least 4 members (excludes halogenated alkanes) is 5. The first-order valence-corrected chi connectivity index (χ1v) is 12.0. The van der Waals surface area contributed by atoms with Gasteiger partial charge in [-0.15, -0.1) is 0 Å². The summed E-state index contributed by atoms with van der Waals surface area (Å²) in [6.07, 6.45) is 8.99. The number of anilines is 2. The van der Waals surface area contributed by atoms with Crippen LogP contribution in [0.3, 0.4) is 0 Å². The SMILES string of the molecule is CCCCCCCCN1CCc2nc3cc(Cl)ccc3c(NNc3ccccc3)c2C1. The number of para-hydroxylation sites is 1. The van der Waals surface area contributed by atoms with Crippen LogP contribution in [-0.2, 0) is 13.0 Å². The fourth-order valence-electron chi connectivity index (χ4n) is 4.38. The zero-order valence-electron chi connectivity index (χ0n) is 18.5. The normalized spacial score (nSPS) is 13.9. The van der Waals surface area contributed by atoms with Crippen LogP contribution in [0.5, 0.6) is 0 Å². The van der Waals surface area contributed by atoms with Crippen LogP contribution in [0.15, 0.2) is 48.5 Å². The molecule has 0 bridgehead atoms. The Bertz CT molecular complexity index is 990. The maximum atomic E-state index is 6.27. The van der Waals surface area contributed by atoms with Crippen molar-refractivity contribution in [2.75, 3.05) is 23.9 Å². The van der Waals surface area contributed by atoms with E-state index in [1.54, 1.807) is 0 Å². The molecule has 3 aromatic rings. The summed E-state index contributed by atoms with van der Waals surface area (Å²) in [7, 11) is 0. The summed E-state index contributed by atoms with van der Waals surface area (Å²) in [5, 5.41) is 1.83. The van der Waals surface area contributed by atoms with E-state index < -0.39 is 0 Å². The Hall–Kier alpha value is -2.30. The molecule has 1 aliphatic rings. The molecule has 5 heteroatoms. The van der Waals surface area contributed by atoms with Crippen molar-refractivity contribution in [2.45, 2.75) is 58.4 Å². The molecule has 1 aliphatic heterocycles. The monoisotopic (exact) mass is 436 g/mol. The molecule has 0 aliphatic carbocycles. The van der Waals surface area contributed by atoms with Gasteiger partial charge in [-0.25, -0.2) is 0 Å². The van der Waals surface area contributed by atoms with E-state index in [1.165, 1.54) is 49.8 Å². The van der Waals surface area contributed by atoms with E-state index >= 15 is 0 Å². The molecule has 2 aromatic carbocycles. The Morgan fingerprint density at radius 1 is 0.968 bits per heavy atom. The number of fused-ring (bicyclic) bond motifs is 2. The standard InChI is InChI=1S/C26H33ClN4/c1-2-3-4-5-6-10-16-31-17-15-24-23(19-31)26(30-29-21-11-8-7-9-12-21)22-14-13-20(27)18-25(22)28-24/h7-9,11-14,18,29H,2-6,10,15-17,19H2,1H3,(H,28,30). The molecule has 0 spiro atoms. The maximum absolute atomic E-state index is 6.27. The molecule has 2 heterocycles. The predicted molar refractivity (Wildman–Crippen MR) is 133 cm³/mol. The van der Waals surface area contributed by atoms with Crippen molar-refractivity contribution in [3.8, 4) is 0 Å². The van der Waals surface area contributed by atoms with E-state index in [1.807, 2.05) is 30.3 Å². The number of hydrazine groups is 1. The first-order chi connectivity index (χ1) is 15.2. The number of halogens is 1. The lowest BCUT2D eigenvalue weighted by atomic mass is 9.99. The minimum atomic E-state index is 0.724. The van der Waals surface area contributed by atoms with Crippen LogP contribution in [-0.4, -0.2) is 23.0 Å². The molecule has 0 saturated carbocycles.